The standard InChI is InChI=1S/C5H4ClNS/c6-5-2-1-4(8)3-7-5/h1-3,8H. The van der Waals surface area contributed by atoms with Crippen molar-refractivity contribution in [2.45, 2.75) is 4.90 Å². The Morgan fingerprint density at radius 2 is 2.25 bits per heavy atom. The van der Waals surface area contributed by atoms with Gasteiger partial charge in [-0.3, -0.25) is 0 Å². The summed E-state index contributed by atoms with van der Waals surface area (Å²) in [5.74, 6) is 0. The van der Waals surface area contributed by atoms with Crippen LogP contribution in [-0.2, 0) is 0 Å². The molecule has 0 amide bonds. The summed E-state index contributed by atoms with van der Waals surface area (Å²) < 4.78 is 0. The van der Waals surface area contributed by atoms with Crippen LogP contribution in [0.5, 0.6) is 0 Å². The molecule has 0 spiro atoms. The van der Waals surface area contributed by atoms with Crippen molar-refractivity contribution in [1.29, 1.82) is 0 Å². The van der Waals surface area contributed by atoms with E-state index in [2.05, 4.69) is 17.6 Å². The van der Waals surface area contributed by atoms with Gasteiger partial charge in [-0.25, -0.2) is 4.98 Å². The first kappa shape index (κ1) is 5.92. The number of rotatable bonds is 0. The van der Waals surface area contributed by atoms with Crippen molar-refractivity contribution in [3.63, 3.8) is 0 Å². The van der Waals surface area contributed by atoms with Crippen LogP contribution in [0.25, 0.3) is 0 Å². The number of thiol groups is 1. The van der Waals surface area contributed by atoms with Crippen LogP contribution >= 0.6 is 24.2 Å². The molecule has 0 aliphatic heterocycles. The zero-order valence-corrected chi connectivity index (χ0v) is 5.65. The average molecular weight is 146 g/mol. The van der Waals surface area contributed by atoms with Gasteiger partial charge < -0.3 is 0 Å². The molecule has 0 fully saturated rings. The predicted molar refractivity (Wildman–Crippen MR) is 36.5 cm³/mol. The fourth-order valence-corrected chi connectivity index (χ4v) is 0.612. The van der Waals surface area contributed by atoms with Crippen molar-refractivity contribution in [3.8, 4) is 0 Å². The van der Waals surface area contributed by atoms with Crippen LogP contribution in [0, 0.1) is 0 Å². The van der Waals surface area contributed by atoms with E-state index in [-0.39, 0.29) is 0 Å². The first-order chi connectivity index (χ1) is 3.79. The highest BCUT2D eigenvalue weighted by Gasteiger charge is 1.84. The summed E-state index contributed by atoms with van der Waals surface area (Å²) in [5, 5.41) is 0.503. The van der Waals surface area contributed by atoms with Crippen LogP contribution < -0.4 is 0 Å². The van der Waals surface area contributed by atoms with E-state index in [1.807, 2.05) is 0 Å². The zero-order valence-electron chi connectivity index (χ0n) is 4.00. The van der Waals surface area contributed by atoms with Gasteiger partial charge in [0.2, 0.25) is 0 Å². The Morgan fingerprint density at radius 1 is 1.50 bits per heavy atom. The van der Waals surface area contributed by atoms with Gasteiger partial charge in [0.25, 0.3) is 0 Å². The molecule has 3 heteroatoms. The minimum atomic E-state index is 0.503. The maximum absolute atomic E-state index is 5.47. The van der Waals surface area contributed by atoms with Crippen molar-refractivity contribution < 1.29 is 0 Å². The van der Waals surface area contributed by atoms with Crippen LogP contribution in [0.15, 0.2) is 23.2 Å². The summed E-state index contributed by atoms with van der Waals surface area (Å²) in [5.41, 5.74) is 0. The molecule has 0 bridgehead atoms. The Bertz CT molecular complexity index is 151. The third kappa shape index (κ3) is 1.39. The maximum atomic E-state index is 5.47. The van der Waals surface area contributed by atoms with E-state index in [0.717, 1.165) is 4.90 Å². The summed E-state index contributed by atoms with van der Waals surface area (Å²) in [6.45, 7) is 0. The Morgan fingerprint density at radius 3 is 2.62 bits per heavy atom. The molecule has 0 N–H and O–H groups in total. The van der Waals surface area contributed by atoms with Crippen LogP contribution in [0.4, 0.5) is 0 Å². The Kier molecular flexibility index (Phi) is 1.76. The summed E-state index contributed by atoms with van der Waals surface area (Å²) in [6.07, 6.45) is 1.60. The molecule has 8 heavy (non-hydrogen) atoms. The molecule has 1 rings (SSSR count). The first-order valence-corrected chi connectivity index (χ1v) is 2.92. The number of hydrogen-bond acceptors (Lipinski definition) is 2. The SMILES string of the molecule is Sc1ccc(Cl)nc1. The molecule has 0 aliphatic rings. The monoisotopic (exact) mass is 145 g/mol. The molecule has 0 aromatic carbocycles. The summed E-state index contributed by atoms with van der Waals surface area (Å²) in [7, 11) is 0. The highest BCUT2D eigenvalue weighted by molar-refractivity contribution is 7.80. The molecule has 1 heterocycles. The molecule has 1 aromatic rings. The largest absolute Gasteiger partial charge is 0.243 e. The topological polar surface area (TPSA) is 12.9 Å². The molecular formula is C5H4ClNS. The van der Waals surface area contributed by atoms with E-state index in [1.165, 1.54) is 0 Å². The molecule has 1 aromatic heterocycles. The summed E-state index contributed by atoms with van der Waals surface area (Å²) in [4.78, 5) is 4.60. The number of aromatic nitrogens is 1. The lowest BCUT2D eigenvalue weighted by Gasteiger charge is -1.86. The van der Waals surface area contributed by atoms with Crippen molar-refractivity contribution in [2.24, 2.45) is 0 Å². The fourth-order valence-electron chi connectivity index (χ4n) is 0.368. The Hall–Kier alpha value is -0.210. The predicted octanol–water partition coefficient (Wildman–Crippen LogP) is 2.02. The highest BCUT2D eigenvalue weighted by atomic mass is 35.5. The van der Waals surface area contributed by atoms with Crippen LogP contribution in [-0.4, -0.2) is 4.98 Å². The molecular weight excluding hydrogens is 142 g/mol. The van der Waals surface area contributed by atoms with Gasteiger partial charge in [0.15, 0.2) is 0 Å². The van der Waals surface area contributed by atoms with E-state index in [4.69, 9.17) is 11.6 Å². The maximum Gasteiger partial charge on any atom is 0.129 e. The van der Waals surface area contributed by atoms with Crippen molar-refractivity contribution in [2.75, 3.05) is 0 Å². The normalized spacial score (nSPS) is 9.25. The fraction of sp³-hybridized carbons (Fsp3) is 0. The van der Waals surface area contributed by atoms with Gasteiger partial charge in [0.05, 0.1) is 0 Å². The van der Waals surface area contributed by atoms with E-state index < -0.39 is 0 Å². The quantitative estimate of drug-likeness (QED) is 0.436. The molecule has 0 saturated carbocycles. The van der Waals surface area contributed by atoms with E-state index in [0.29, 0.717) is 5.15 Å². The van der Waals surface area contributed by atoms with E-state index >= 15 is 0 Å². The molecule has 0 unspecified atom stereocenters. The molecule has 0 aliphatic carbocycles. The third-order valence-electron chi connectivity index (χ3n) is 0.712. The van der Waals surface area contributed by atoms with Gasteiger partial charge in [-0.1, -0.05) is 11.6 Å². The minimum Gasteiger partial charge on any atom is -0.243 e. The second kappa shape index (κ2) is 2.37. The average Bonchev–Trinajstić information content (AvgIpc) is 1.77. The molecule has 0 atom stereocenters. The summed E-state index contributed by atoms with van der Waals surface area (Å²) >= 11 is 9.48. The van der Waals surface area contributed by atoms with Gasteiger partial charge in [-0.15, -0.1) is 12.6 Å². The van der Waals surface area contributed by atoms with Gasteiger partial charge in [0, 0.05) is 11.1 Å². The minimum absolute atomic E-state index is 0.503. The first-order valence-electron chi connectivity index (χ1n) is 2.09. The van der Waals surface area contributed by atoms with Crippen molar-refractivity contribution in [3.05, 3.63) is 23.5 Å². The van der Waals surface area contributed by atoms with Gasteiger partial charge in [-0.05, 0) is 12.1 Å². The van der Waals surface area contributed by atoms with Crippen LogP contribution in [0.3, 0.4) is 0 Å². The molecule has 1 nitrogen and oxygen atoms in total. The van der Waals surface area contributed by atoms with Gasteiger partial charge in [0.1, 0.15) is 5.15 Å². The molecule has 0 radical (unpaired) electrons. The van der Waals surface area contributed by atoms with Gasteiger partial charge in [-0.2, -0.15) is 0 Å². The third-order valence-corrected chi connectivity index (χ3v) is 1.20. The number of hydrogen-bond donors (Lipinski definition) is 1. The van der Waals surface area contributed by atoms with Crippen LogP contribution in [0.1, 0.15) is 0 Å². The lowest BCUT2D eigenvalue weighted by atomic mass is 10.5. The van der Waals surface area contributed by atoms with Crippen LogP contribution in [0.2, 0.25) is 5.15 Å². The van der Waals surface area contributed by atoms with Crippen molar-refractivity contribution >= 4 is 24.2 Å². The zero-order chi connectivity index (χ0) is 5.98. The lowest BCUT2D eigenvalue weighted by molar-refractivity contribution is 1.24. The van der Waals surface area contributed by atoms with E-state index in [9.17, 15) is 0 Å². The molecule has 42 valence electrons. The lowest BCUT2D eigenvalue weighted by Crippen LogP contribution is -1.70. The molecule has 0 saturated heterocycles. The second-order valence-corrected chi connectivity index (χ2v) is 2.24. The highest BCUT2D eigenvalue weighted by Crippen LogP contribution is 2.06. The number of pyridine rings is 1. The second-order valence-electron chi connectivity index (χ2n) is 1.34. The number of nitrogens with zero attached hydrogens (tertiary/aromatic N) is 1. The van der Waals surface area contributed by atoms with Crippen molar-refractivity contribution in [1.82, 2.24) is 4.98 Å². The number of halogens is 1. The Labute approximate surface area is 58.1 Å². The summed E-state index contributed by atoms with van der Waals surface area (Å²) in [6, 6.07) is 3.49. The Balaban J connectivity index is 3.03. The van der Waals surface area contributed by atoms with E-state index in [1.54, 1.807) is 18.3 Å². The van der Waals surface area contributed by atoms with Gasteiger partial charge >= 0.3 is 0 Å². The smallest absolute Gasteiger partial charge is 0.129 e.